The van der Waals surface area contributed by atoms with Gasteiger partial charge >= 0.3 is 0 Å². The number of fused-ring (bicyclic) bond motifs is 2. The minimum atomic E-state index is -0.280. The van der Waals surface area contributed by atoms with E-state index in [9.17, 15) is 4.39 Å². The molecule has 2 fully saturated rings. The number of H-pyrrole nitrogens is 1. The maximum absolute atomic E-state index is 14.6. The molecule has 0 amide bonds. The lowest BCUT2D eigenvalue weighted by Gasteiger charge is -2.26. The molecule has 0 spiro atoms. The van der Waals surface area contributed by atoms with Crippen LogP contribution in [0, 0.1) is 17.7 Å². The SMILES string of the molecule is NCC1(c2ccccc2F)C2CCN(c3cc4nc(Sc5ccnc(N)c5Cl)cnc4[nH]3)CC21. The summed E-state index contributed by atoms with van der Waals surface area (Å²) < 4.78 is 14.6. The van der Waals surface area contributed by atoms with Crippen LogP contribution >= 0.6 is 23.4 Å². The highest BCUT2D eigenvalue weighted by atomic mass is 35.5. The van der Waals surface area contributed by atoms with E-state index in [0.29, 0.717) is 28.4 Å². The molecule has 34 heavy (non-hydrogen) atoms. The fourth-order valence-corrected chi connectivity index (χ4v) is 6.59. The van der Waals surface area contributed by atoms with Crippen molar-refractivity contribution >= 4 is 46.2 Å². The van der Waals surface area contributed by atoms with Gasteiger partial charge in [-0.25, -0.2) is 19.3 Å². The number of hydrogen-bond acceptors (Lipinski definition) is 7. The first-order valence-electron chi connectivity index (χ1n) is 11.1. The van der Waals surface area contributed by atoms with Crippen molar-refractivity contribution in [3.05, 3.63) is 65.2 Å². The van der Waals surface area contributed by atoms with Crippen LogP contribution in [0.3, 0.4) is 0 Å². The van der Waals surface area contributed by atoms with Crippen LogP contribution in [0.25, 0.3) is 11.2 Å². The van der Waals surface area contributed by atoms with Gasteiger partial charge in [-0.05, 0) is 36.0 Å². The summed E-state index contributed by atoms with van der Waals surface area (Å²) in [7, 11) is 0. The second-order valence-corrected chi connectivity index (χ2v) is 10.3. The molecule has 0 bridgehead atoms. The fraction of sp³-hybridized carbons (Fsp3) is 0.292. The molecule has 1 saturated carbocycles. The van der Waals surface area contributed by atoms with Crippen molar-refractivity contribution in [1.82, 2.24) is 19.9 Å². The molecule has 1 aromatic carbocycles. The highest BCUT2D eigenvalue weighted by Crippen LogP contribution is 2.63. The van der Waals surface area contributed by atoms with Crippen LogP contribution in [0.15, 0.2) is 58.7 Å². The Balaban J connectivity index is 1.24. The number of aromatic nitrogens is 4. The van der Waals surface area contributed by atoms with Gasteiger partial charge in [0.05, 0.1) is 11.2 Å². The second kappa shape index (κ2) is 8.11. The molecule has 7 nitrogen and oxygen atoms in total. The lowest BCUT2D eigenvalue weighted by atomic mass is 9.91. The molecule has 2 aliphatic rings. The highest BCUT2D eigenvalue weighted by molar-refractivity contribution is 7.99. The second-order valence-electron chi connectivity index (χ2n) is 8.88. The van der Waals surface area contributed by atoms with E-state index in [-0.39, 0.29) is 17.1 Å². The number of hydrogen-bond donors (Lipinski definition) is 3. The Morgan fingerprint density at radius 3 is 2.91 bits per heavy atom. The van der Waals surface area contributed by atoms with Gasteiger partial charge in [-0.2, -0.15) is 0 Å². The summed E-state index contributed by atoms with van der Waals surface area (Å²) in [6.07, 6.45) is 4.30. The average molecular weight is 496 g/mol. The van der Waals surface area contributed by atoms with Crippen molar-refractivity contribution in [1.29, 1.82) is 0 Å². The van der Waals surface area contributed by atoms with E-state index in [1.807, 2.05) is 18.2 Å². The third-order valence-electron chi connectivity index (χ3n) is 7.27. The molecule has 1 aliphatic heterocycles. The van der Waals surface area contributed by atoms with Gasteiger partial charge in [0.25, 0.3) is 0 Å². The van der Waals surface area contributed by atoms with E-state index in [2.05, 4.69) is 19.9 Å². The van der Waals surface area contributed by atoms with Crippen LogP contribution in [-0.4, -0.2) is 39.6 Å². The topological polar surface area (TPSA) is 110 Å². The third kappa shape index (κ3) is 3.33. The van der Waals surface area contributed by atoms with Gasteiger partial charge in [0.1, 0.15) is 28.0 Å². The third-order valence-corrected chi connectivity index (χ3v) is 8.75. The number of nitrogens with zero attached hydrogens (tertiary/aromatic N) is 4. The van der Waals surface area contributed by atoms with Crippen LogP contribution in [0.1, 0.15) is 12.0 Å². The quantitative estimate of drug-likeness (QED) is 0.380. The number of anilines is 2. The van der Waals surface area contributed by atoms with Crippen molar-refractivity contribution in [3.63, 3.8) is 0 Å². The van der Waals surface area contributed by atoms with E-state index in [0.717, 1.165) is 47.0 Å². The molecule has 3 aromatic heterocycles. The first-order valence-corrected chi connectivity index (χ1v) is 12.3. The van der Waals surface area contributed by atoms with E-state index >= 15 is 0 Å². The smallest absolute Gasteiger partial charge is 0.157 e. The lowest BCUT2D eigenvalue weighted by Crippen LogP contribution is -2.32. The summed E-state index contributed by atoms with van der Waals surface area (Å²) in [4.78, 5) is 19.8. The summed E-state index contributed by atoms with van der Waals surface area (Å²) in [6.45, 7) is 2.14. The molecular weight excluding hydrogens is 473 g/mol. The summed E-state index contributed by atoms with van der Waals surface area (Å²) in [6, 6.07) is 10.9. The summed E-state index contributed by atoms with van der Waals surface area (Å²) >= 11 is 7.67. The predicted molar refractivity (Wildman–Crippen MR) is 133 cm³/mol. The Morgan fingerprint density at radius 1 is 1.24 bits per heavy atom. The largest absolute Gasteiger partial charge is 0.382 e. The van der Waals surface area contributed by atoms with Crippen molar-refractivity contribution in [3.8, 4) is 0 Å². The fourth-order valence-electron chi connectivity index (χ4n) is 5.57. The molecule has 3 unspecified atom stereocenters. The van der Waals surface area contributed by atoms with Gasteiger partial charge in [-0.3, -0.25) is 0 Å². The first kappa shape index (κ1) is 21.6. The molecule has 1 aliphatic carbocycles. The molecule has 174 valence electrons. The molecule has 1 saturated heterocycles. The van der Waals surface area contributed by atoms with Crippen LogP contribution in [0.5, 0.6) is 0 Å². The molecule has 4 heterocycles. The molecule has 6 rings (SSSR count). The molecule has 0 radical (unpaired) electrons. The van der Waals surface area contributed by atoms with E-state index in [1.165, 1.54) is 17.8 Å². The summed E-state index contributed by atoms with van der Waals surface area (Å²) in [5, 5.41) is 1.13. The standard InChI is InChI=1S/C24H23ClFN7S/c25-21-18(5-7-29-22(21)28)34-20-10-30-23-17(31-20)9-19(32-23)33-8-6-13-15(11-33)24(13,12-27)14-3-1-2-4-16(14)26/h1-5,7,9-10,13,15H,6,8,11-12,27H2,(H2,28,29)(H,30,32). The van der Waals surface area contributed by atoms with E-state index < -0.39 is 0 Å². The van der Waals surface area contributed by atoms with Crippen LogP contribution in [-0.2, 0) is 5.41 Å². The van der Waals surface area contributed by atoms with Gasteiger partial charge in [-0.15, -0.1) is 0 Å². The molecule has 4 aromatic rings. The van der Waals surface area contributed by atoms with E-state index in [1.54, 1.807) is 24.5 Å². The number of piperidine rings is 1. The zero-order valence-electron chi connectivity index (χ0n) is 18.2. The van der Waals surface area contributed by atoms with Gasteiger partial charge in [0.2, 0.25) is 0 Å². The minimum absolute atomic E-state index is 0.158. The van der Waals surface area contributed by atoms with Crippen molar-refractivity contribution in [2.45, 2.75) is 21.8 Å². The Kier molecular flexibility index (Phi) is 5.16. The van der Waals surface area contributed by atoms with Gasteiger partial charge in [-0.1, -0.05) is 41.6 Å². The molecular formula is C24H23ClFN7S. The number of nitrogens with two attached hydrogens (primary N) is 2. The van der Waals surface area contributed by atoms with Crippen molar-refractivity contribution in [2.24, 2.45) is 17.6 Å². The number of pyridine rings is 1. The maximum atomic E-state index is 14.6. The highest BCUT2D eigenvalue weighted by Gasteiger charge is 2.66. The molecule has 3 atom stereocenters. The Hall–Kier alpha value is -2.88. The van der Waals surface area contributed by atoms with Crippen molar-refractivity contribution in [2.75, 3.05) is 30.3 Å². The number of nitrogen functional groups attached to an aromatic ring is 1. The number of halogens is 2. The maximum Gasteiger partial charge on any atom is 0.157 e. The zero-order chi connectivity index (χ0) is 23.4. The number of benzene rings is 1. The van der Waals surface area contributed by atoms with Gasteiger partial charge < -0.3 is 21.4 Å². The summed E-state index contributed by atoms with van der Waals surface area (Å²) in [5.41, 5.74) is 14.0. The number of aromatic amines is 1. The number of rotatable bonds is 5. The summed E-state index contributed by atoms with van der Waals surface area (Å²) in [5.74, 6) is 1.83. The first-order chi connectivity index (χ1) is 16.5. The van der Waals surface area contributed by atoms with Gasteiger partial charge in [0, 0.05) is 42.2 Å². The lowest BCUT2D eigenvalue weighted by molar-refractivity contribution is 0.533. The normalized spacial score (nSPS) is 23.8. The van der Waals surface area contributed by atoms with Gasteiger partial charge in [0.15, 0.2) is 5.65 Å². The Morgan fingerprint density at radius 2 is 2.09 bits per heavy atom. The minimum Gasteiger partial charge on any atom is -0.382 e. The predicted octanol–water partition coefficient (Wildman–Crippen LogP) is 4.23. The van der Waals surface area contributed by atoms with Crippen LogP contribution in [0.4, 0.5) is 16.0 Å². The monoisotopic (exact) mass is 495 g/mol. The molecule has 5 N–H and O–H groups in total. The molecule has 10 heteroatoms. The Bertz CT molecular complexity index is 1400. The van der Waals surface area contributed by atoms with Crippen molar-refractivity contribution < 1.29 is 4.39 Å². The zero-order valence-corrected chi connectivity index (χ0v) is 19.8. The van der Waals surface area contributed by atoms with Crippen LogP contribution < -0.4 is 16.4 Å². The Labute approximate surface area is 205 Å². The average Bonchev–Trinajstić information content (AvgIpc) is 3.30. The number of nitrogens with one attached hydrogen (secondary N) is 1. The van der Waals surface area contributed by atoms with E-state index in [4.69, 9.17) is 28.1 Å². The van der Waals surface area contributed by atoms with Crippen LogP contribution in [0.2, 0.25) is 5.02 Å².